The molecule has 0 bridgehead atoms. The van der Waals surface area contributed by atoms with Gasteiger partial charge in [0.2, 0.25) is 5.91 Å². The van der Waals surface area contributed by atoms with Crippen molar-refractivity contribution < 1.29 is 14.0 Å². The highest BCUT2D eigenvalue weighted by Gasteiger charge is 2.45. The Bertz CT molecular complexity index is 686. The second kappa shape index (κ2) is 5.87. The average Bonchev–Trinajstić information content (AvgIpc) is 3.38. The Kier molecular flexibility index (Phi) is 3.82. The third-order valence-corrected chi connectivity index (χ3v) is 5.71. The number of benzene rings is 1. The number of hydrogen-bond acceptors (Lipinski definition) is 2. The third-order valence-electron chi connectivity index (χ3n) is 5.71. The lowest BCUT2D eigenvalue weighted by Crippen LogP contribution is -2.57. The maximum atomic E-state index is 13.3. The second-order valence-corrected chi connectivity index (χ2v) is 7.40. The van der Waals surface area contributed by atoms with Crippen LogP contribution in [0.1, 0.15) is 48.0 Å². The molecule has 1 aromatic carbocycles. The van der Waals surface area contributed by atoms with Crippen LogP contribution in [0.5, 0.6) is 0 Å². The fourth-order valence-electron chi connectivity index (χ4n) is 4.34. The Morgan fingerprint density at radius 1 is 1.21 bits per heavy atom. The van der Waals surface area contributed by atoms with Crippen molar-refractivity contribution in [1.29, 1.82) is 0 Å². The van der Waals surface area contributed by atoms with Crippen molar-refractivity contribution in [1.82, 2.24) is 9.80 Å². The van der Waals surface area contributed by atoms with Gasteiger partial charge in [-0.25, -0.2) is 4.39 Å². The molecular weight excluding hydrogens is 307 g/mol. The molecule has 24 heavy (non-hydrogen) atoms. The summed E-state index contributed by atoms with van der Waals surface area (Å²) in [6.07, 6.45) is 4.60. The summed E-state index contributed by atoms with van der Waals surface area (Å²) < 4.78 is 13.3. The molecular formula is C19H23FN2O2. The van der Waals surface area contributed by atoms with E-state index in [0.29, 0.717) is 54.5 Å². The Labute approximate surface area is 141 Å². The highest BCUT2D eigenvalue weighted by atomic mass is 19.1. The number of carbonyl (C=O) groups is 2. The van der Waals surface area contributed by atoms with E-state index in [-0.39, 0.29) is 11.7 Å². The van der Waals surface area contributed by atoms with Crippen LogP contribution in [0.15, 0.2) is 18.2 Å². The van der Waals surface area contributed by atoms with Crippen molar-refractivity contribution in [2.24, 2.45) is 5.92 Å². The first kappa shape index (κ1) is 15.6. The largest absolute Gasteiger partial charge is 0.338 e. The minimum atomic E-state index is -0.311. The molecule has 2 atom stereocenters. The molecule has 1 aliphatic carbocycles. The molecule has 0 spiro atoms. The van der Waals surface area contributed by atoms with Crippen LogP contribution >= 0.6 is 0 Å². The lowest BCUT2D eigenvalue weighted by Gasteiger charge is -2.47. The van der Waals surface area contributed by atoms with Gasteiger partial charge in [0.25, 0.3) is 5.91 Å². The monoisotopic (exact) mass is 330 g/mol. The number of fused-ring (bicyclic) bond motifs is 1. The van der Waals surface area contributed by atoms with E-state index >= 15 is 0 Å². The van der Waals surface area contributed by atoms with E-state index < -0.39 is 0 Å². The van der Waals surface area contributed by atoms with E-state index in [1.165, 1.54) is 12.1 Å². The SMILES string of the molecule is Cc1cc(F)ccc1C(=O)N1CCC2C(CCC(=O)N2C2CC2)C1. The number of nitrogens with zero attached hydrogens (tertiary/aromatic N) is 2. The van der Waals surface area contributed by atoms with Crippen molar-refractivity contribution >= 4 is 11.8 Å². The van der Waals surface area contributed by atoms with Gasteiger partial charge in [-0.15, -0.1) is 0 Å². The van der Waals surface area contributed by atoms with Crippen LogP contribution in [-0.4, -0.2) is 46.8 Å². The van der Waals surface area contributed by atoms with Gasteiger partial charge in [-0.2, -0.15) is 0 Å². The maximum absolute atomic E-state index is 13.3. The minimum absolute atomic E-state index is 0.0131. The maximum Gasteiger partial charge on any atom is 0.254 e. The molecule has 0 N–H and O–H groups in total. The van der Waals surface area contributed by atoms with E-state index in [1.54, 1.807) is 13.0 Å². The lowest BCUT2D eigenvalue weighted by molar-refractivity contribution is -0.141. The van der Waals surface area contributed by atoms with Crippen LogP contribution in [0.3, 0.4) is 0 Å². The third kappa shape index (κ3) is 2.70. The highest BCUT2D eigenvalue weighted by Crippen LogP contribution is 2.39. The van der Waals surface area contributed by atoms with Gasteiger partial charge in [-0.1, -0.05) is 0 Å². The van der Waals surface area contributed by atoms with Crippen molar-refractivity contribution in [2.75, 3.05) is 13.1 Å². The molecule has 1 aromatic rings. The number of aryl methyl sites for hydroxylation is 1. The first-order valence-corrected chi connectivity index (χ1v) is 8.91. The van der Waals surface area contributed by atoms with Crippen LogP contribution < -0.4 is 0 Å². The van der Waals surface area contributed by atoms with Gasteiger partial charge in [0.15, 0.2) is 0 Å². The van der Waals surface area contributed by atoms with Gasteiger partial charge >= 0.3 is 0 Å². The Hall–Kier alpha value is -1.91. The zero-order chi connectivity index (χ0) is 16.8. The highest BCUT2D eigenvalue weighted by molar-refractivity contribution is 5.95. The molecule has 128 valence electrons. The van der Waals surface area contributed by atoms with Gasteiger partial charge in [0, 0.05) is 37.2 Å². The van der Waals surface area contributed by atoms with Crippen molar-refractivity contribution in [2.45, 2.75) is 51.1 Å². The molecule has 3 aliphatic rings. The molecule has 2 saturated heterocycles. The van der Waals surface area contributed by atoms with Crippen LogP contribution in [0.4, 0.5) is 4.39 Å². The van der Waals surface area contributed by atoms with Gasteiger partial charge in [0.1, 0.15) is 5.82 Å². The van der Waals surface area contributed by atoms with E-state index in [4.69, 9.17) is 0 Å². The second-order valence-electron chi connectivity index (χ2n) is 7.40. The quantitative estimate of drug-likeness (QED) is 0.836. The number of hydrogen-bond donors (Lipinski definition) is 0. The van der Waals surface area contributed by atoms with E-state index in [2.05, 4.69) is 4.90 Å². The normalized spacial score (nSPS) is 27.2. The first-order chi connectivity index (χ1) is 11.5. The number of amides is 2. The van der Waals surface area contributed by atoms with Crippen LogP contribution in [0.2, 0.25) is 0 Å². The summed E-state index contributed by atoms with van der Waals surface area (Å²) >= 11 is 0. The number of likely N-dealkylation sites (tertiary alicyclic amines) is 2. The lowest BCUT2D eigenvalue weighted by atomic mass is 9.83. The predicted octanol–water partition coefficient (Wildman–Crippen LogP) is 2.75. The van der Waals surface area contributed by atoms with Gasteiger partial charge in [-0.05, 0) is 62.3 Å². The van der Waals surface area contributed by atoms with Gasteiger partial charge < -0.3 is 9.80 Å². The molecule has 5 heteroatoms. The number of halogens is 1. The predicted molar refractivity (Wildman–Crippen MR) is 88.0 cm³/mol. The summed E-state index contributed by atoms with van der Waals surface area (Å²) in [6.45, 7) is 3.15. The molecule has 2 heterocycles. The number of piperidine rings is 2. The molecule has 0 radical (unpaired) electrons. The number of carbonyl (C=O) groups excluding carboxylic acids is 2. The molecule has 4 nitrogen and oxygen atoms in total. The zero-order valence-corrected chi connectivity index (χ0v) is 14.0. The smallest absolute Gasteiger partial charge is 0.254 e. The van der Waals surface area contributed by atoms with E-state index in [1.807, 2.05) is 4.90 Å². The molecule has 0 aromatic heterocycles. The Morgan fingerprint density at radius 2 is 2.00 bits per heavy atom. The summed E-state index contributed by atoms with van der Waals surface area (Å²) in [5.41, 5.74) is 1.27. The summed E-state index contributed by atoms with van der Waals surface area (Å²) in [7, 11) is 0. The van der Waals surface area contributed by atoms with E-state index in [0.717, 1.165) is 25.7 Å². The molecule has 4 rings (SSSR count). The topological polar surface area (TPSA) is 40.6 Å². The van der Waals surface area contributed by atoms with E-state index in [9.17, 15) is 14.0 Å². The first-order valence-electron chi connectivity index (χ1n) is 8.91. The molecule has 3 fully saturated rings. The van der Waals surface area contributed by atoms with Crippen LogP contribution in [0, 0.1) is 18.7 Å². The summed E-state index contributed by atoms with van der Waals surface area (Å²) in [4.78, 5) is 29.1. The molecule has 1 saturated carbocycles. The summed E-state index contributed by atoms with van der Waals surface area (Å²) in [5.74, 6) is 0.351. The molecule has 2 unspecified atom stereocenters. The van der Waals surface area contributed by atoms with Crippen molar-refractivity contribution in [3.05, 3.63) is 35.1 Å². The standard InChI is InChI=1S/C19H23FN2O2/c1-12-10-14(20)3-6-16(12)19(24)21-9-8-17-13(11-21)2-7-18(23)22(17)15-4-5-15/h3,6,10,13,15,17H,2,4-5,7-9,11H2,1H3. The fourth-order valence-corrected chi connectivity index (χ4v) is 4.34. The van der Waals surface area contributed by atoms with Crippen molar-refractivity contribution in [3.8, 4) is 0 Å². The molecule has 2 aliphatic heterocycles. The Morgan fingerprint density at radius 3 is 2.71 bits per heavy atom. The molecule has 2 amide bonds. The zero-order valence-electron chi connectivity index (χ0n) is 14.0. The minimum Gasteiger partial charge on any atom is -0.338 e. The van der Waals surface area contributed by atoms with Crippen molar-refractivity contribution in [3.63, 3.8) is 0 Å². The summed E-state index contributed by atoms with van der Waals surface area (Å²) in [6, 6.07) is 5.10. The Balaban J connectivity index is 1.50. The van der Waals surface area contributed by atoms with Gasteiger partial charge in [0.05, 0.1) is 0 Å². The fraction of sp³-hybridized carbons (Fsp3) is 0.579. The van der Waals surface area contributed by atoms with Crippen LogP contribution in [0.25, 0.3) is 0 Å². The van der Waals surface area contributed by atoms with Gasteiger partial charge in [-0.3, -0.25) is 9.59 Å². The average molecular weight is 330 g/mol. The number of rotatable bonds is 2. The summed E-state index contributed by atoms with van der Waals surface area (Å²) in [5, 5.41) is 0. The van der Waals surface area contributed by atoms with Crippen LogP contribution in [-0.2, 0) is 4.79 Å².